The number of piperidine rings is 1. The van der Waals surface area contributed by atoms with Gasteiger partial charge in [-0.2, -0.15) is 4.31 Å². The quantitative estimate of drug-likeness (QED) is 0.506. The molecule has 2 aliphatic heterocycles. The van der Waals surface area contributed by atoms with Crippen LogP contribution >= 0.6 is 11.3 Å². The third-order valence-electron chi connectivity index (χ3n) is 7.23. The van der Waals surface area contributed by atoms with Gasteiger partial charge in [-0.05, 0) is 76.8 Å². The molecule has 1 saturated heterocycles. The summed E-state index contributed by atoms with van der Waals surface area (Å²) in [5.41, 5.74) is 1.33. The Balaban J connectivity index is 1.58. The van der Waals surface area contributed by atoms with E-state index in [1.807, 2.05) is 6.92 Å². The second-order valence-corrected chi connectivity index (χ2v) is 13.1. The molecule has 0 radical (unpaired) electrons. The number of fused-ring (bicyclic) bond motifs is 1. The number of benzene rings is 1. The predicted octanol–water partition coefficient (Wildman–Crippen LogP) is 4.22. The normalized spacial score (nSPS) is 18.4. The van der Waals surface area contributed by atoms with Crippen molar-refractivity contribution in [3.63, 3.8) is 0 Å². The first-order valence-corrected chi connectivity index (χ1v) is 15.6. The molecule has 212 valence electrons. The standard InChI is InChI=1S/C27H36N4O6S2/c1-5-37-27(34)29-25(33)23-21-13-15-30(17(2)3)16-22(21)38-26(23)28-24(32)19-9-11-20(12-10-19)39(35,36)31-14-7-6-8-18(31)4/h9-12,17-18H,5-8,13-16H2,1-4H3,(H,28,32)(H,29,33,34). The lowest BCUT2D eigenvalue weighted by Crippen LogP contribution is -2.41. The molecule has 1 unspecified atom stereocenters. The number of hydrogen-bond acceptors (Lipinski definition) is 8. The highest BCUT2D eigenvalue weighted by Gasteiger charge is 2.32. The van der Waals surface area contributed by atoms with Gasteiger partial charge in [0.1, 0.15) is 5.00 Å². The Labute approximate surface area is 233 Å². The van der Waals surface area contributed by atoms with Crippen LogP contribution in [0, 0.1) is 0 Å². The zero-order valence-corrected chi connectivity index (χ0v) is 24.4. The van der Waals surface area contributed by atoms with Crippen molar-refractivity contribution in [2.24, 2.45) is 0 Å². The molecule has 2 aliphatic rings. The lowest BCUT2D eigenvalue weighted by atomic mass is 10.0. The third kappa shape index (κ3) is 6.34. The van der Waals surface area contributed by atoms with Crippen LogP contribution in [0.4, 0.5) is 9.80 Å². The smallest absolute Gasteiger partial charge is 0.414 e. The summed E-state index contributed by atoms with van der Waals surface area (Å²) < 4.78 is 32.7. The van der Waals surface area contributed by atoms with Gasteiger partial charge in [0.05, 0.1) is 17.1 Å². The molecule has 12 heteroatoms. The van der Waals surface area contributed by atoms with Crippen LogP contribution in [-0.2, 0) is 27.7 Å². The zero-order valence-electron chi connectivity index (χ0n) is 22.8. The Kier molecular flexibility index (Phi) is 9.10. The summed E-state index contributed by atoms with van der Waals surface area (Å²) in [6, 6.07) is 6.09. The fraction of sp³-hybridized carbons (Fsp3) is 0.519. The molecular weight excluding hydrogens is 540 g/mol. The summed E-state index contributed by atoms with van der Waals surface area (Å²) in [6.07, 6.45) is 2.42. The Hall–Kier alpha value is -2.80. The number of nitrogens with one attached hydrogen (secondary N) is 2. The third-order valence-corrected chi connectivity index (χ3v) is 10.4. The van der Waals surface area contributed by atoms with Crippen LogP contribution in [0.3, 0.4) is 0 Å². The minimum absolute atomic E-state index is 0.0672. The molecule has 2 N–H and O–H groups in total. The van der Waals surface area contributed by atoms with E-state index in [1.54, 1.807) is 6.92 Å². The number of carbonyl (C=O) groups excluding carboxylic acids is 3. The van der Waals surface area contributed by atoms with E-state index in [0.717, 1.165) is 36.2 Å². The number of ether oxygens (including phenoxy) is 1. The number of carbonyl (C=O) groups is 3. The number of sulfonamides is 1. The number of alkyl carbamates (subject to hydrolysis) is 1. The SMILES string of the molecule is CCOC(=O)NC(=O)c1c(NC(=O)c2ccc(S(=O)(=O)N3CCCCC3C)cc2)sc2c1CCN(C(C)C)C2. The van der Waals surface area contributed by atoms with E-state index in [2.05, 4.69) is 29.4 Å². The average molecular weight is 577 g/mol. The molecule has 3 heterocycles. The number of imide groups is 1. The van der Waals surface area contributed by atoms with Gasteiger partial charge in [-0.3, -0.25) is 19.8 Å². The lowest BCUT2D eigenvalue weighted by Gasteiger charge is -2.32. The highest BCUT2D eigenvalue weighted by Crippen LogP contribution is 2.38. The first-order valence-electron chi connectivity index (χ1n) is 13.3. The molecule has 39 heavy (non-hydrogen) atoms. The molecule has 0 aliphatic carbocycles. The summed E-state index contributed by atoms with van der Waals surface area (Å²) >= 11 is 1.31. The fourth-order valence-electron chi connectivity index (χ4n) is 5.03. The maximum atomic E-state index is 13.2. The highest BCUT2D eigenvalue weighted by atomic mass is 32.2. The van der Waals surface area contributed by atoms with Gasteiger partial charge in [0.15, 0.2) is 0 Å². The average Bonchev–Trinajstić information content (AvgIpc) is 3.26. The second-order valence-electron chi connectivity index (χ2n) is 10.1. The topological polar surface area (TPSA) is 125 Å². The Morgan fingerprint density at radius 2 is 1.82 bits per heavy atom. The van der Waals surface area contributed by atoms with Crippen molar-refractivity contribution in [2.45, 2.75) is 76.9 Å². The van der Waals surface area contributed by atoms with Gasteiger partial charge in [-0.1, -0.05) is 6.42 Å². The summed E-state index contributed by atoms with van der Waals surface area (Å²) in [4.78, 5) is 41.7. The van der Waals surface area contributed by atoms with Crippen LogP contribution in [-0.4, -0.2) is 67.3 Å². The highest BCUT2D eigenvalue weighted by molar-refractivity contribution is 7.89. The van der Waals surface area contributed by atoms with Crippen LogP contribution in [0.5, 0.6) is 0 Å². The van der Waals surface area contributed by atoms with E-state index < -0.39 is 27.9 Å². The number of amides is 3. The first kappa shape index (κ1) is 29.2. The number of rotatable bonds is 7. The van der Waals surface area contributed by atoms with Gasteiger partial charge in [0.2, 0.25) is 10.0 Å². The van der Waals surface area contributed by atoms with E-state index in [0.29, 0.717) is 30.6 Å². The van der Waals surface area contributed by atoms with E-state index in [-0.39, 0.29) is 28.7 Å². The molecule has 0 spiro atoms. The van der Waals surface area contributed by atoms with Crippen molar-refractivity contribution in [2.75, 3.05) is 25.0 Å². The van der Waals surface area contributed by atoms with E-state index in [4.69, 9.17) is 4.74 Å². The largest absolute Gasteiger partial charge is 0.450 e. The maximum absolute atomic E-state index is 13.2. The van der Waals surface area contributed by atoms with E-state index >= 15 is 0 Å². The van der Waals surface area contributed by atoms with Crippen molar-refractivity contribution in [1.82, 2.24) is 14.5 Å². The zero-order chi connectivity index (χ0) is 28.3. The lowest BCUT2D eigenvalue weighted by molar-refractivity contribution is 0.0924. The summed E-state index contributed by atoms with van der Waals surface area (Å²) in [6.45, 7) is 9.75. The second kappa shape index (κ2) is 12.2. The van der Waals surface area contributed by atoms with Crippen LogP contribution in [0.25, 0.3) is 0 Å². The predicted molar refractivity (Wildman–Crippen MR) is 150 cm³/mol. The molecular formula is C27H36N4O6S2. The van der Waals surface area contributed by atoms with Crippen LogP contribution in [0.2, 0.25) is 0 Å². The molecule has 1 fully saturated rings. The molecule has 0 bridgehead atoms. The molecule has 2 aromatic rings. The van der Waals surface area contributed by atoms with Crippen molar-refractivity contribution in [3.05, 3.63) is 45.8 Å². The number of hydrogen-bond donors (Lipinski definition) is 2. The number of nitrogens with zero attached hydrogens (tertiary/aromatic N) is 2. The van der Waals surface area contributed by atoms with Gasteiger partial charge in [0.25, 0.3) is 11.8 Å². The molecule has 1 aromatic heterocycles. The molecule has 10 nitrogen and oxygen atoms in total. The molecule has 1 atom stereocenters. The Morgan fingerprint density at radius 1 is 1.10 bits per heavy atom. The molecule has 0 saturated carbocycles. The van der Waals surface area contributed by atoms with Crippen LogP contribution in [0.1, 0.15) is 78.1 Å². The van der Waals surface area contributed by atoms with Crippen LogP contribution in [0.15, 0.2) is 29.2 Å². The van der Waals surface area contributed by atoms with Gasteiger partial charge in [0, 0.05) is 42.2 Å². The van der Waals surface area contributed by atoms with Gasteiger partial charge in [-0.25, -0.2) is 13.2 Å². The maximum Gasteiger partial charge on any atom is 0.414 e. The molecule has 4 rings (SSSR count). The summed E-state index contributed by atoms with van der Waals surface area (Å²) in [5, 5.41) is 5.42. The number of thiophene rings is 1. The molecule has 1 aromatic carbocycles. The number of anilines is 1. The van der Waals surface area contributed by atoms with Gasteiger partial charge >= 0.3 is 6.09 Å². The van der Waals surface area contributed by atoms with Crippen molar-refractivity contribution in [3.8, 4) is 0 Å². The van der Waals surface area contributed by atoms with Gasteiger partial charge in [-0.15, -0.1) is 11.3 Å². The van der Waals surface area contributed by atoms with E-state index in [1.165, 1.54) is 39.9 Å². The van der Waals surface area contributed by atoms with Crippen molar-refractivity contribution < 1.29 is 27.5 Å². The summed E-state index contributed by atoms with van der Waals surface area (Å²) in [7, 11) is -3.66. The fourth-order valence-corrected chi connectivity index (χ4v) is 8.00. The van der Waals surface area contributed by atoms with Crippen LogP contribution < -0.4 is 10.6 Å². The minimum atomic E-state index is -3.66. The van der Waals surface area contributed by atoms with Gasteiger partial charge < -0.3 is 10.1 Å². The van der Waals surface area contributed by atoms with Crippen molar-refractivity contribution in [1.29, 1.82) is 0 Å². The van der Waals surface area contributed by atoms with E-state index in [9.17, 15) is 22.8 Å². The Bertz CT molecular complexity index is 1340. The minimum Gasteiger partial charge on any atom is -0.450 e. The Morgan fingerprint density at radius 3 is 2.46 bits per heavy atom. The monoisotopic (exact) mass is 576 g/mol. The first-order chi connectivity index (χ1) is 18.5. The molecule has 3 amide bonds. The van der Waals surface area contributed by atoms with Crippen molar-refractivity contribution >= 4 is 44.3 Å². The summed E-state index contributed by atoms with van der Waals surface area (Å²) in [5.74, 6) is -1.11.